The molecular weight excluding hydrogens is 222 g/mol. The zero-order chi connectivity index (χ0) is 11.5. The fraction of sp³-hybridized carbons (Fsp3) is 0.583. The molecule has 88 valence electrons. The first-order valence-electron chi connectivity index (χ1n) is 5.68. The van der Waals surface area contributed by atoms with Gasteiger partial charge in [0.05, 0.1) is 4.88 Å². The number of rotatable bonds is 3. The van der Waals surface area contributed by atoms with E-state index >= 15 is 0 Å². The first-order chi connectivity index (χ1) is 7.72. The van der Waals surface area contributed by atoms with Gasteiger partial charge < -0.3 is 10.4 Å². The quantitative estimate of drug-likeness (QED) is 0.847. The van der Waals surface area contributed by atoms with E-state index < -0.39 is 0 Å². The molecule has 0 aliphatic heterocycles. The maximum Gasteiger partial charge on any atom is 0.261 e. The predicted octanol–water partition coefficient (Wildman–Crippen LogP) is 1.95. The summed E-state index contributed by atoms with van der Waals surface area (Å²) in [4.78, 5) is 12.8. The van der Waals surface area contributed by atoms with Gasteiger partial charge in [0.2, 0.25) is 0 Å². The standard InChI is InChI=1S/C12H17NO2S/c1-8-5-6-16-11(8)12(15)13-10-4-2-3-9(10)7-14/h5-6,9-10,14H,2-4,7H2,1H3,(H,13,15). The van der Waals surface area contributed by atoms with Gasteiger partial charge >= 0.3 is 0 Å². The van der Waals surface area contributed by atoms with Crippen molar-refractivity contribution in [2.75, 3.05) is 6.61 Å². The summed E-state index contributed by atoms with van der Waals surface area (Å²) >= 11 is 1.48. The van der Waals surface area contributed by atoms with Crippen LogP contribution in [0, 0.1) is 12.8 Å². The fourth-order valence-corrected chi connectivity index (χ4v) is 3.11. The molecule has 3 nitrogen and oxygen atoms in total. The van der Waals surface area contributed by atoms with E-state index in [-0.39, 0.29) is 24.5 Å². The summed E-state index contributed by atoms with van der Waals surface area (Å²) in [6, 6.07) is 2.11. The highest BCUT2D eigenvalue weighted by atomic mass is 32.1. The third kappa shape index (κ3) is 2.28. The van der Waals surface area contributed by atoms with E-state index in [1.54, 1.807) is 0 Å². The van der Waals surface area contributed by atoms with Crippen molar-refractivity contribution in [2.45, 2.75) is 32.2 Å². The van der Waals surface area contributed by atoms with Gasteiger partial charge in [0.25, 0.3) is 5.91 Å². The molecule has 1 fully saturated rings. The maximum absolute atomic E-state index is 12.0. The summed E-state index contributed by atoms with van der Waals surface area (Å²) in [6.45, 7) is 2.12. The first-order valence-corrected chi connectivity index (χ1v) is 6.56. The molecule has 0 radical (unpaired) electrons. The van der Waals surface area contributed by atoms with Crippen LogP contribution in [0.4, 0.5) is 0 Å². The molecule has 0 bridgehead atoms. The van der Waals surface area contributed by atoms with E-state index in [0.29, 0.717) is 0 Å². The number of aliphatic hydroxyl groups is 1. The number of aryl methyl sites for hydroxylation is 1. The van der Waals surface area contributed by atoms with Gasteiger partial charge in [-0.3, -0.25) is 4.79 Å². The summed E-state index contributed by atoms with van der Waals surface area (Å²) in [5.74, 6) is 0.252. The van der Waals surface area contributed by atoms with E-state index in [2.05, 4.69) is 5.32 Å². The Labute approximate surface area is 99.5 Å². The lowest BCUT2D eigenvalue weighted by molar-refractivity contribution is 0.0919. The van der Waals surface area contributed by atoms with Crippen LogP contribution in [0.2, 0.25) is 0 Å². The predicted molar refractivity (Wildman–Crippen MR) is 64.7 cm³/mol. The van der Waals surface area contributed by atoms with E-state index in [1.165, 1.54) is 11.3 Å². The Hall–Kier alpha value is -0.870. The second kappa shape index (κ2) is 4.97. The van der Waals surface area contributed by atoms with Gasteiger partial charge in [0.1, 0.15) is 0 Å². The van der Waals surface area contributed by atoms with E-state index in [9.17, 15) is 9.90 Å². The van der Waals surface area contributed by atoms with Crippen molar-refractivity contribution in [2.24, 2.45) is 5.92 Å². The summed E-state index contributed by atoms with van der Waals surface area (Å²) in [6.07, 6.45) is 3.10. The van der Waals surface area contributed by atoms with Crippen LogP contribution < -0.4 is 5.32 Å². The minimum absolute atomic E-state index is 0.0119. The number of carbonyl (C=O) groups is 1. The van der Waals surface area contributed by atoms with Gasteiger partial charge in [0.15, 0.2) is 0 Å². The number of thiophene rings is 1. The van der Waals surface area contributed by atoms with Crippen molar-refractivity contribution in [1.82, 2.24) is 5.32 Å². The lowest BCUT2D eigenvalue weighted by atomic mass is 10.1. The molecule has 1 amide bonds. The number of amides is 1. The SMILES string of the molecule is Cc1ccsc1C(=O)NC1CCCC1CO. The molecule has 2 N–H and O–H groups in total. The van der Waals surface area contributed by atoms with Gasteiger partial charge in [-0.1, -0.05) is 6.42 Å². The van der Waals surface area contributed by atoms with Crippen LogP contribution in [-0.4, -0.2) is 23.7 Å². The lowest BCUT2D eigenvalue weighted by Gasteiger charge is -2.18. The van der Waals surface area contributed by atoms with E-state index in [1.807, 2.05) is 18.4 Å². The maximum atomic E-state index is 12.0. The molecule has 1 aromatic rings. The van der Waals surface area contributed by atoms with Gasteiger partial charge in [-0.15, -0.1) is 11.3 Å². The number of carbonyl (C=O) groups excluding carboxylic acids is 1. The van der Waals surface area contributed by atoms with Crippen molar-refractivity contribution in [1.29, 1.82) is 0 Å². The summed E-state index contributed by atoms with van der Waals surface area (Å²) in [5, 5.41) is 14.2. The fourth-order valence-electron chi connectivity index (χ4n) is 2.28. The molecule has 1 aliphatic rings. The van der Waals surface area contributed by atoms with Crippen LogP contribution in [0.5, 0.6) is 0 Å². The second-order valence-electron chi connectivity index (χ2n) is 4.39. The van der Waals surface area contributed by atoms with Gasteiger partial charge in [0, 0.05) is 18.6 Å². The summed E-state index contributed by atoms with van der Waals surface area (Å²) < 4.78 is 0. The molecule has 2 unspecified atom stereocenters. The monoisotopic (exact) mass is 239 g/mol. The van der Waals surface area contributed by atoms with Crippen LogP contribution >= 0.6 is 11.3 Å². The van der Waals surface area contributed by atoms with Gasteiger partial charge in [-0.25, -0.2) is 0 Å². The molecule has 0 aromatic carbocycles. The highest BCUT2D eigenvalue weighted by Crippen LogP contribution is 2.26. The minimum atomic E-state index is 0.0119. The molecular formula is C12H17NO2S. The molecule has 1 aliphatic carbocycles. The van der Waals surface area contributed by atoms with Crippen molar-refractivity contribution >= 4 is 17.2 Å². The topological polar surface area (TPSA) is 49.3 Å². The average Bonchev–Trinajstić information content (AvgIpc) is 2.86. The summed E-state index contributed by atoms with van der Waals surface area (Å²) in [7, 11) is 0. The van der Waals surface area contributed by atoms with E-state index in [0.717, 1.165) is 29.7 Å². The lowest BCUT2D eigenvalue weighted by Crippen LogP contribution is -2.38. The van der Waals surface area contributed by atoms with Crippen LogP contribution in [0.1, 0.15) is 34.5 Å². The van der Waals surface area contributed by atoms with Crippen LogP contribution in [0.3, 0.4) is 0 Å². The Kier molecular flexibility index (Phi) is 3.61. The van der Waals surface area contributed by atoms with Gasteiger partial charge in [-0.05, 0) is 36.8 Å². The highest BCUT2D eigenvalue weighted by molar-refractivity contribution is 7.12. The van der Waals surface area contributed by atoms with Crippen molar-refractivity contribution in [3.8, 4) is 0 Å². The molecule has 16 heavy (non-hydrogen) atoms. The van der Waals surface area contributed by atoms with Crippen molar-refractivity contribution < 1.29 is 9.90 Å². The van der Waals surface area contributed by atoms with Crippen LogP contribution in [0.25, 0.3) is 0 Å². The Morgan fingerprint density at radius 2 is 2.44 bits per heavy atom. The molecule has 4 heteroatoms. The van der Waals surface area contributed by atoms with E-state index in [4.69, 9.17) is 0 Å². The number of hydrogen-bond acceptors (Lipinski definition) is 3. The Bertz CT molecular complexity index is 375. The number of aliphatic hydroxyl groups excluding tert-OH is 1. The third-order valence-electron chi connectivity index (χ3n) is 3.28. The third-order valence-corrected chi connectivity index (χ3v) is 4.29. The Balaban J connectivity index is 2.00. The Morgan fingerprint density at radius 1 is 1.62 bits per heavy atom. The molecule has 2 rings (SSSR count). The summed E-state index contributed by atoms with van der Waals surface area (Å²) in [5.41, 5.74) is 1.03. The van der Waals surface area contributed by atoms with Crippen molar-refractivity contribution in [3.05, 3.63) is 21.9 Å². The molecule has 1 aromatic heterocycles. The van der Waals surface area contributed by atoms with Gasteiger partial charge in [-0.2, -0.15) is 0 Å². The van der Waals surface area contributed by atoms with Crippen LogP contribution in [0.15, 0.2) is 11.4 Å². The van der Waals surface area contributed by atoms with Crippen molar-refractivity contribution in [3.63, 3.8) is 0 Å². The second-order valence-corrected chi connectivity index (χ2v) is 5.30. The van der Waals surface area contributed by atoms with Crippen LogP contribution in [-0.2, 0) is 0 Å². The zero-order valence-electron chi connectivity index (χ0n) is 9.40. The number of nitrogens with one attached hydrogen (secondary N) is 1. The number of hydrogen-bond donors (Lipinski definition) is 2. The molecule has 2 atom stereocenters. The smallest absolute Gasteiger partial charge is 0.261 e. The highest BCUT2D eigenvalue weighted by Gasteiger charge is 2.28. The average molecular weight is 239 g/mol. The molecule has 1 saturated carbocycles. The largest absolute Gasteiger partial charge is 0.396 e. The Morgan fingerprint density at radius 3 is 3.06 bits per heavy atom. The molecule has 0 saturated heterocycles. The molecule has 1 heterocycles. The zero-order valence-corrected chi connectivity index (χ0v) is 10.2. The minimum Gasteiger partial charge on any atom is -0.396 e. The molecule has 0 spiro atoms. The first kappa shape index (κ1) is 11.6. The normalized spacial score (nSPS) is 24.6.